The Morgan fingerprint density at radius 2 is 1.80 bits per heavy atom. The van der Waals surface area contributed by atoms with Crippen LogP contribution in [0.4, 0.5) is 9.59 Å². The second-order valence-corrected chi connectivity index (χ2v) is 7.03. The molecule has 3 amide bonds. The summed E-state index contributed by atoms with van der Waals surface area (Å²) in [6, 6.07) is 6.59. The highest BCUT2D eigenvalue weighted by Crippen LogP contribution is 2.18. The van der Waals surface area contributed by atoms with E-state index in [1.807, 2.05) is 0 Å². The monoisotopic (exact) mass is 443 g/mol. The number of benzene rings is 1. The number of nitrogens with one attached hydrogen (secondary N) is 1. The van der Waals surface area contributed by atoms with Gasteiger partial charge in [0.2, 0.25) is 0 Å². The molecule has 1 saturated heterocycles. The molecule has 2 rings (SSSR count). The van der Waals surface area contributed by atoms with Crippen LogP contribution in [-0.4, -0.2) is 86.7 Å². The summed E-state index contributed by atoms with van der Waals surface area (Å²) < 4.78 is 15.9. The van der Waals surface area contributed by atoms with Crippen molar-refractivity contribution in [3.05, 3.63) is 24.3 Å². The Balaban J connectivity index is 0.00000450. The highest BCUT2D eigenvalue weighted by molar-refractivity contribution is 7.59. The molecular formula is C20H33N3O6S. The minimum atomic E-state index is -0.587. The molecule has 1 heterocycles. The average molecular weight is 444 g/mol. The summed E-state index contributed by atoms with van der Waals surface area (Å²) in [7, 11) is 3.22. The minimum Gasteiger partial charge on any atom is -0.491 e. The predicted octanol–water partition coefficient (Wildman–Crippen LogP) is 1.81. The van der Waals surface area contributed by atoms with E-state index in [-0.39, 0.29) is 26.1 Å². The van der Waals surface area contributed by atoms with Crippen LogP contribution in [0.5, 0.6) is 11.5 Å². The van der Waals surface area contributed by atoms with E-state index in [0.29, 0.717) is 50.8 Å². The lowest BCUT2D eigenvalue weighted by atomic mass is 10.1. The number of aliphatic hydroxyl groups is 1. The number of unbranched alkanes of at least 4 members (excludes halogenated alkanes) is 1. The maximum Gasteiger partial charge on any atom is 0.414 e. The van der Waals surface area contributed by atoms with Crippen molar-refractivity contribution in [3.63, 3.8) is 0 Å². The molecule has 0 spiro atoms. The van der Waals surface area contributed by atoms with Gasteiger partial charge in [-0.2, -0.15) is 13.5 Å². The van der Waals surface area contributed by atoms with Crippen molar-refractivity contribution in [3.8, 4) is 11.5 Å². The molecule has 0 saturated carbocycles. The number of carbonyl (C=O) groups excluding carboxylic acids is 2. The van der Waals surface area contributed by atoms with Crippen LogP contribution in [0.2, 0.25) is 0 Å². The van der Waals surface area contributed by atoms with Gasteiger partial charge in [0.25, 0.3) is 0 Å². The van der Waals surface area contributed by atoms with E-state index >= 15 is 0 Å². The Labute approximate surface area is 184 Å². The summed E-state index contributed by atoms with van der Waals surface area (Å²) in [6.45, 7) is 3.18. The fraction of sp³-hybridized carbons (Fsp3) is 0.600. The summed E-state index contributed by atoms with van der Waals surface area (Å²) in [4.78, 5) is 26.5. The lowest BCUT2D eigenvalue weighted by Gasteiger charge is -2.26. The topological polar surface area (TPSA) is 101 Å². The molecular weight excluding hydrogens is 410 g/mol. The van der Waals surface area contributed by atoms with Crippen LogP contribution in [0.3, 0.4) is 0 Å². The smallest absolute Gasteiger partial charge is 0.414 e. The van der Waals surface area contributed by atoms with E-state index < -0.39 is 12.2 Å². The Bertz CT molecular complexity index is 638. The lowest BCUT2D eigenvalue weighted by Crippen LogP contribution is -2.46. The first-order valence-corrected chi connectivity index (χ1v) is 9.86. The van der Waals surface area contributed by atoms with Crippen molar-refractivity contribution in [2.24, 2.45) is 0 Å². The van der Waals surface area contributed by atoms with Crippen LogP contribution in [0.15, 0.2) is 24.3 Å². The number of hydrogen-bond acceptors (Lipinski definition) is 6. The highest BCUT2D eigenvalue weighted by Gasteiger charge is 2.15. The number of carbonyl (C=O) groups is 2. The van der Waals surface area contributed by atoms with Gasteiger partial charge < -0.3 is 34.4 Å². The Hall–Kier alpha value is -2.17. The molecule has 1 atom stereocenters. The third-order valence-electron chi connectivity index (χ3n) is 4.38. The Kier molecular flexibility index (Phi) is 12.0. The molecule has 1 aliphatic rings. The number of urea groups is 1. The number of rotatable bonds is 9. The van der Waals surface area contributed by atoms with Gasteiger partial charge in [-0.15, -0.1) is 0 Å². The zero-order valence-electron chi connectivity index (χ0n) is 17.6. The molecule has 2 N–H and O–H groups in total. The zero-order valence-corrected chi connectivity index (χ0v) is 18.6. The number of ether oxygens (including phenoxy) is 3. The van der Waals surface area contributed by atoms with Crippen molar-refractivity contribution < 1.29 is 28.9 Å². The number of aliphatic hydroxyl groups excluding tert-OH is 1. The van der Waals surface area contributed by atoms with E-state index in [1.54, 1.807) is 43.3 Å². The van der Waals surface area contributed by atoms with E-state index in [2.05, 4.69) is 5.32 Å². The fourth-order valence-corrected chi connectivity index (χ4v) is 2.65. The molecule has 1 aromatic rings. The molecule has 1 fully saturated rings. The van der Waals surface area contributed by atoms with Gasteiger partial charge >= 0.3 is 12.1 Å². The summed E-state index contributed by atoms with van der Waals surface area (Å²) >= 11 is 0. The lowest BCUT2D eigenvalue weighted by molar-refractivity contribution is 0.0532. The summed E-state index contributed by atoms with van der Waals surface area (Å²) in [5.41, 5.74) is 0. The SMILES string of the molecule is CN(C)C(=O)Oc1ccc(OC[C@@H](O)CCCCNC(=O)N2CCOCC2)cc1.S. The number of nitrogens with zero attached hydrogens (tertiary/aromatic N) is 2. The fourth-order valence-electron chi connectivity index (χ4n) is 2.65. The Morgan fingerprint density at radius 3 is 2.43 bits per heavy atom. The normalized spacial score (nSPS) is 14.3. The molecule has 9 nitrogen and oxygen atoms in total. The summed E-state index contributed by atoms with van der Waals surface area (Å²) in [6.07, 6.45) is 1.13. The first-order valence-electron chi connectivity index (χ1n) is 9.86. The van der Waals surface area contributed by atoms with Crippen LogP contribution >= 0.6 is 13.5 Å². The molecule has 0 bridgehead atoms. The van der Waals surface area contributed by atoms with E-state index in [1.165, 1.54) is 4.90 Å². The molecule has 30 heavy (non-hydrogen) atoms. The Morgan fingerprint density at radius 1 is 1.17 bits per heavy atom. The van der Waals surface area contributed by atoms with Crippen LogP contribution in [0, 0.1) is 0 Å². The molecule has 0 aliphatic carbocycles. The van der Waals surface area contributed by atoms with Gasteiger partial charge in [0, 0.05) is 33.7 Å². The quantitative estimate of drug-likeness (QED) is 0.565. The third kappa shape index (κ3) is 9.55. The van der Waals surface area contributed by atoms with E-state index in [0.717, 1.165) is 12.8 Å². The van der Waals surface area contributed by atoms with Crippen LogP contribution < -0.4 is 14.8 Å². The first kappa shape index (κ1) is 25.9. The first-order chi connectivity index (χ1) is 14.0. The summed E-state index contributed by atoms with van der Waals surface area (Å²) in [5, 5.41) is 12.9. The minimum absolute atomic E-state index is 0. The predicted molar refractivity (Wildman–Crippen MR) is 118 cm³/mol. The second kappa shape index (κ2) is 13.9. The number of hydrogen-bond donors (Lipinski definition) is 2. The van der Waals surface area contributed by atoms with Crippen molar-refractivity contribution in [2.75, 3.05) is 53.6 Å². The zero-order chi connectivity index (χ0) is 21.1. The van der Waals surface area contributed by atoms with Crippen molar-refractivity contribution in [1.82, 2.24) is 15.1 Å². The molecule has 10 heteroatoms. The number of morpholine rings is 1. The average Bonchev–Trinajstić information content (AvgIpc) is 2.73. The number of amides is 3. The van der Waals surface area contributed by atoms with Gasteiger partial charge in [0.15, 0.2) is 0 Å². The molecule has 0 aromatic heterocycles. The van der Waals surface area contributed by atoms with Gasteiger partial charge in [-0.3, -0.25) is 0 Å². The molecule has 1 aromatic carbocycles. The molecule has 170 valence electrons. The molecule has 0 unspecified atom stereocenters. The van der Waals surface area contributed by atoms with E-state index in [4.69, 9.17) is 14.2 Å². The summed E-state index contributed by atoms with van der Waals surface area (Å²) in [5.74, 6) is 1.02. The van der Waals surface area contributed by atoms with Crippen LogP contribution in [0.1, 0.15) is 19.3 Å². The van der Waals surface area contributed by atoms with Crippen molar-refractivity contribution in [1.29, 1.82) is 0 Å². The van der Waals surface area contributed by atoms with Gasteiger partial charge in [0.05, 0.1) is 19.3 Å². The van der Waals surface area contributed by atoms with Crippen molar-refractivity contribution >= 4 is 25.6 Å². The van der Waals surface area contributed by atoms with Crippen LogP contribution in [-0.2, 0) is 4.74 Å². The standard InChI is InChI=1S/C20H31N3O6.H2S/c1-22(2)20(26)29-18-8-6-17(7-9-18)28-15-16(24)5-3-4-10-21-19(25)23-11-13-27-14-12-23;/h6-9,16,24H,3-5,10-15H2,1-2H3,(H,21,25);1H2/t16-;/m0./s1. The molecule has 0 radical (unpaired) electrons. The molecule has 1 aliphatic heterocycles. The largest absolute Gasteiger partial charge is 0.491 e. The second-order valence-electron chi connectivity index (χ2n) is 7.03. The van der Waals surface area contributed by atoms with Gasteiger partial charge in [-0.05, 0) is 43.5 Å². The maximum atomic E-state index is 11.9. The maximum absolute atomic E-state index is 11.9. The van der Waals surface area contributed by atoms with Gasteiger partial charge in [-0.1, -0.05) is 0 Å². The van der Waals surface area contributed by atoms with E-state index in [9.17, 15) is 14.7 Å². The highest BCUT2D eigenvalue weighted by atomic mass is 32.1. The van der Waals surface area contributed by atoms with Gasteiger partial charge in [-0.25, -0.2) is 9.59 Å². The third-order valence-corrected chi connectivity index (χ3v) is 4.38. The van der Waals surface area contributed by atoms with Crippen LogP contribution in [0.25, 0.3) is 0 Å². The van der Waals surface area contributed by atoms with Crippen molar-refractivity contribution in [2.45, 2.75) is 25.4 Å². The van der Waals surface area contributed by atoms with Gasteiger partial charge in [0.1, 0.15) is 18.1 Å².